The monoisotopic (exact) mass is 321 g/mol. The number of aromatic nitrogens is 5. The predicted octanol–water partition coefficient (Wildman–Crippen LogP) is 2.90. The Kier molecular flexibility index (Phi) is 3.19. The molecule has 2 heterocycles. The molecule has 108 valence electrons. The normalized spacial score (nSPS) is 18.0. The Labute approximate surface area is 130 Å². The van der Waals surface area contributed by atoms with E-state index >= 15 is 0 Å². The molecule has 0 radical (unpaired) electrons. The van der Waals surface area contributed by atoms with E-state index < -0.39 is 0 Å². The molecule has 0 amide bonds. The van der Waals surface area contributed by atoms with Crippen LogP contribution in [-0.4, -0.2) is 31.0 Å². The first-order valence-corrected chi connectivity index (χ1v) is 8.05. The Bertz CT molecular complexity index is 711. The molecule has 0 aliphatic heterocycles. The maximum Gasteiger partial charge on any atom is 0.197 e. The van der Waals surface area contributed by atoms with Gasteiger partial charge in [0.15, 0.2) is 11.4 Å². The van der Waals surface area contributed by atoms with E-state index in [0.29, 0.717) is 28.8 Å². The second-order valence-corrected chi connectivity index (χ2v) is 6.63. The van der Waals surface area contributed by atoms with Crippen molar-refractivity contribution >= 4 is 29.6 Å². The number of hydrogen-bond acceptors (Lipinski definition) is 6. The highest BCUT2D eigenvalue weighted by Crippen LogP contribution is 2.46. The first-order valence-electron chi connectivity index (χ1n) is 6.86. The fraction of sp³-hybridized carbons (Fsp3) is 0.462. The summed E-state index contributed by atoms with van der Waals surface area (Å²) < 4.78 is 2.22. The Balaban J connectivity index is 1.71. The summed E-state index contributed by atoms with van der Waals surface area (Å²) in [6.07, 6.45) is 6.75. The third-order valence-corrected chi connectivity index (χ3v) is 4.93. The molecule has 2 aliphatic rings. The molecule has 0 unspecified atom stereocenters. The van der Waals surface area contributed by atoms with Crippen molar-refractivity contribution in [3.8, 4) is 0 Å². The summed E-state index contributed by atoms with van der Waals surface area (Å²) in [5.74, 6) is 1.62. The third kappa shape index (κ3) is 2.44. The highest BCUT2D eigenvalue weighted by Gasteiger charge is 2.36. The zero-order valence-electron chi connectivity index (χ0n) is 11.1. The van der Waals surface area contributed by atoms with Gasteiger partial charge in [-0.15, -0.1) is 10.2 Å². The van der Waals surface area contributed by atoms with Gasteiger partial charge in [0.1, 0.15) is 22.3 Å². The van der Waals surface area contributed by atoms with E-state index in [1.807, 2.05) is 0 Å². The maximum atomic E-state index is 11.2. The molecule has 0 bridgehead atoms. The summed E-state index contributed by atoms with van der Waals surface area (Å²) in [6.45, 7) is 0. The molecular weight excluding hydrogens is 310 g/mol. The van der Waals surface area contributed by atoms with Crippen molar-refractivity contribution in [3.63, 3.8) is 0 Å². The van der Waals surface area contributed by atoms with Crippen molar-refractivity contribution in [1.29, 1.82) is 0 Å². The highest BCUT2D eigenvalue weighted by molar-refractivity contribution is 7.99. The summed E-state index contributed by atoms with van der Waals surface area (Å²) in [5, 5.41) is 10.1. The lowest BCUT2D eigenvalue weighted by Crippen LogP contribution is -2.02. The third-order valence-electron chi connectivity index (χ3n) is 3.65. The zero-order chi connectivity index (χ0) is 14.4. The van der Waals surface area contributed by atoms with Gasteiger partial charge in [-0.05, 0) is 37.4 Å². The molecule has 0 N–H and O–H groups in total. The van der Waals surface area contributed by atoms with Crippen molar-refractivity contribution < 1.29 is 4.79 Å². The van der Waals surface area contributed by atoms with Gasteiger partial charge in [0.05, 0.1) is 5.56 Å². The average Bonchev–Trinajstić information content (AvgIpc) is 3.39. The summed E-state index contributed by atoms with van der Waals surface area (Å²) in [5.41, 5.74) is 0.308. The van der Waals surface area contributed by atoms with Crippen molar-refractivity contribution in [2.24, 2.45) is 0 Å². The molecule has 6 nitrogen and oxygen atoms in total. The van der Waals surface area contributed by atoms with E-state index in [2.05, 4.69) is 24.7 Å². The predicted molar refractivity (Wildman–Crippen MR) is 76.8 cm³/mol. The Hall–Kier alpha value is -1.47. The van der Waals surface area contributed by atoms with Crippen LogP contribution in [0, 0.1) is 0 Å². The second-order valence-electron chi connectivity index (χ2n) is 5.32. The van der Waals surface area contributed by atoms with Gasteiger partial charge in [0, 0.05) is 12.0 Å². The number of halogens is 1. The van der Waals surface area contributed by atoms with Crippen molar-refractivity contribution in [2.75, 3.05) is 0 Å². The Morgan fingerprint density at radius 2 is 2.05 bits per heavy atom. The smallest absolute Gasteiger partial charge is 0.197 e. The van der Waals surface area contributed by atoms with Gasteiger partial charge in [-0.25, -0.2) is 9.97 Å². The van der Waals surface area contributed by atoms with Crippen LogP contribution in [0.15, 0.2) is 16.5 Å². The van der Waals surface area contributed by atoms with Gasteiger partial charge >= 0.3 is 0 Å². The Morgan fingerprint density at radius 3 is 2.71 bits per heavy atom. The van der Waals surface area contributed by atoms with Gasteiger partial charge in [-0.2, -0.15) is 0 Å². The number of carbonyl (C=O) groups is 1. The van der Waals surface area contributed by atoms with Crippen LogP contribution >= 0.6 is 23.4 Å². The lowest BCUT2D eigenvalue weighted by molar-refractivity contribution is 0.112. The average molecular weight is 322 g/mol. The van der Waals surface area contributed by atoms with Crippen molar-refractivity contribution in [2.45, 2.75) is 47.8 Å². The highest BCUT2D eigenvalue weighted by atomic mass is 35.5. The van der Waals surface area contributed by atoms with Crippen LogP contribution in [0.2, 0.25) is 5.15 Å². The second kappa shape index (κ2) is 5.06. The van der Waals surface area contributed by atoms with Crippen molar-refractivity contribution in [3.05, 3.63) is 22.9 Å². The number of aldehydes is 1. The SMILES string of the molecule is O=Cc1c(Cl)ncnc1Sc1nnc(C2CC2)n1C1CC1. The van der Waals surface area contributed by atoms with Crippen LogP contribution < -0.4 is 0 Å². The number of nitrogens with zero attached hydrogens (tertiary/aromatic N) is 5. The van der Waals surface area contributed by atoms with Crippen LogP contribution in [-0.2, 0) is 0 Å². The van der Waals surface area contributed by atoms with Crippen LogP contribution in [0.25, 0.3) is 0 Å². The minimum Gasteiger partial charge on any atom is -0.302 e. The first-order chi connectivity index (χ1) is 10.3. The van der Waals surface area contributed by atoms with Gasteiger partial charge in [0.25, 0.3) is 0 Å². The van der Waals surface area contributed by atoms with E-state index in [9.17, 15) is 4.79 Å². The van der Waals surface area contributed by atoms with Crippen LogP contribution in [0.3, 0.4) is 0 Å². The molecule has 4 rings (SSSR count). The van der Waals surface area contributed by atoms with Gasteiger partial charge in [0.2, 0.25) is 0 Å². The minimum atomic E-state index is 0.169. The summed E-state index contributed by atoms with van der Waals surface area (Å²) in [7, 11) is 0. The molecular formula is C13H12ClN5OS. The van der Waals surface area contributed by atoms with Crippen molar-refractivity contribution in [1.82, 2.24) is 24.7 Å². The van der Waals surface area contributed by atoms with E-state index in [1.165, 1.54) is 30.9 Å². The zero-order valence-corrected chi connectivity index (χ0v) is 12.6. The van der Waals surface area contributed by atoms with E-state index in [4.69, 9.17) is 11.6 Å². The first kappa shape index (κ1) is 13.2. The molecule has 0 saturated heterocycles. The number of carbonyl (C=O) groups excluding carboxylic acids is 1. The molecule has 2 fully saturated rings. The van der Waals surface area contributed by atoms with Crippen LogP contribution in [0.5, 0.6) is 0 Å². The molecule has 2 aliphatic carbocycles. The van der Waals surface area contributed by atoms with Gasteiger partial charge in [-0.1, -0.05) is 11.6 Å². The fourth-order valence-electron chi connectivity index (χ4n) is 2.28. The van der Waals surface area contributed by atoms with Crippen LogP contribution in [0.4, 0.5) is 0 Å². The number of hydrogen-bond donors (Lipinski definition) is 0. The molecule has 2 saturated carbocycles. The van der Waals surface area contributed by atoms with E-state index in [-0.39, 0.29) is 5.15 Å². The minimum absolute atomic E-state index is 0.169. The molecule has 21 heavy (non-hydrogen) atoms. The summed E-state index contributed by atoms with van der Waals surface area (Å²) >= 11 is 7.27. The van der Waals surface area contributed by atoms with E-state index in [0.717, 1.165) is 23.8 Å². The molecule has 0 aromatic carbocycles. The maximum absolute atomic E-state index is 11.2. The summed E-state index contributed by atoms with van der Waals surface area (Å²) in [6, 6.07) is 0.495. The summed E-state index contributed by atoms with van der Waals surface area (Å²) in [4.78, 5) is 19.2. The Morgan fingerprint density at radius 1 is 1.24 bits per heavy atom. The van der Waals surface area contributed by atoms with E-state index in [1.54, 1.807) is 0 Å². The molecule has 8 heteroatoms. The fourth-order valence-corrected chi connectivity index (χ4v) is 3.46. The largest absolute Gasteiger partial charge is 0.302 e. The van der Waals surface area contributed by atoms with Gasteiger partial charge < -0.3 is 4.57 Å². The quantitative estimate of drug-likeness (QED) is 0.622. The standard InChI is InChI=1S/C13H12ClN5OS/c14-10-9(5-20)12(16-6-15-10)21-13-18-17-11(7-1-2-7)19(13)8-3-4-8/h5-8H,1-4H2. The number of rotatable bonds is 5. The topological polar surface area (TPSA) is 73.6 Å². The lowest BCUT2D eigenvalue weighted by atomic mass is 10.4. The lowest BCUT2D eigenvalue weighted by Gasteiger charge is -2.08. The molecule has 2 aromatic heterocycles. The van der Waals surface area contributed by atoms with Crippen LogP contribution in [0.1, 0.15) is 53.8 Å². The molecule has 2 aromatic rings. The molecule has 0 atom stereocenters. The molecule has 0 spiro atoms. The van der Waals surface area contributed by atoms with Gasteiger partial charge in [-0.3, -0.25) is 4.79 Å².